The summed E-state index contributed by atoms with van der Waals surface area (Å²) in [5.74, 6) is 0. The standard InChI is InChI=1S/C18H16Cl2N2O4/c19-15-16(20)21(15)22(17(23)25-11-13-7-3-1-4-8-13)18(24)26-12-14-9-5-2-6-10-14/h1-10,15-16H,11-12H2/t15-,16-/m0/s1. The van der Waals surface area contributed by atoms with Gasteiger partial charge in [0.1, 0.15) is 24.2 Å². The van der Waals surface area contributed by atoms with Gasteiger partial charge in [0.25, 0.3) is 0 Å². The molecule has 1 saturated heterocycles. The Labute approximate surface area is 160 Å². The number of benzene rings is 2. The fourth-order valence-electron chi connectivity index (χ4n) is 2.21. The van der Waals surface area contributed by atoms with Gasteiger partial charge in [-0.2, -0.15) is 5.01 Å². The average Bonchev–Trinajstić information content (AvgIpc) is 3.26. The first-order valence-corrected chi connectivity index (χ1v) is 8.73. The fourth-order valence-corrected chi connectivity index (χ4v) is 2.79. The number of hydrazine groups is 1. The number of halogens is 2. The average molecular weight is 395 g/mol. The van der Waals surface area contributed by atoms with E-state index in [1.165, 1.54) is 5.01 Å². The number of rotatable bonds is 5. The molecule has 0 N–H and O–H groups in total. The second kappa shape index (κ2) is 8.40. The molecule has 0 spiro atoms. The van der Waals surface area contributed by atoms with Gasteiger partial charge in [-0.3, -0.25) is 0 Å². The first-order chi connectivity index (χ1) is 12.6. The number of imide groups is 1. The molecular formula is C18H16Cl2N2O4. The lowest BCUT2D eigenvalue weighted by molar-refractivity contribution is 0.0219. The summed E-state index contributed by atoms with van der Waals surface area (Å²) in [4.78, 5) is 24.8. The molecule has 1 heterocycles. The Morgan fingerprint density at radius 1 is 0.808 bits per heavy atom. The van der Waals surface area contributed by atoms with E-state index in [1.54, 1.807) is 24.3 Å². The third-order valence-electron chi connectivity index (χ3n) is 3.63. The monoisotopic (exact) mass is 394 g/mol. The summed E-state index contributed by atoms with van der Waals surface area (Å²) in [6.45, 7) is 0.0196. The summed E-state index contributed by atoms with van der Waals surface area (Å²) in [7, 11) is 0. The maximum Gasteiger partial charge on any atom is 0.434 e. The maximum absolute atomic E-state index is 12.4. The molecule has 1 aliphatic rings. The van der Waals surface area contributed by atoms with Crippen LogP contribution in [0.25, 0.3) is 0 Å². The van der Waals surface area contributed by atoms with Gasteiger partial charge in [-0.15, -0.1) is 28.2 Å². The summed E-state index contributed by atoms with van der Waals surface area (Å²) in [6.07, 6.45) is -1.80. The van der Waals surface area contributed by atoms with Crippen LogP contribution in [0.4, 0.5) is 9.59 Å². The lowest BCUT2D eigenvalue weighted by atomic mass is 10.2. The molecule has 0 saturated carbocycles. The van der Waals surface area contributed by atoms with Crippen molar-refractivity contribution in [3.63, 3.8) is 0 Å². The molecule has 0 unspecified atom stereocenters. The summed E-state index contributed by atoms with van der Waals surface area (Å²) in [6, 6.07) is 18.2. The number of carbonyl (C=O) groups is 2. The molecule has 2 amide bonds. The van der Waals surface area contributed by atoms with Gasteiger partial charge in [0, 0.05) is 0 Å². The zero-order chi connectivity index (χ0) is 18.5. The molecule has 0 radical (unpaired) electrons. The number of ether oxygens (including phenoxy) is 2. The number of nitrogens with zero attached hydrogens (tertiary/aromatic N) is 2. The quantitative estimate of drug-likeness (QED) is 0.429. The summed E-state index contributed by atoms with van der Waals surface area (Å²) < 4.78 is 10.4. The minimum absolute atomic E-state index is 0.00980. The molecule has 0 bridgehead atoms. The Bertz CT molecular complexity index is 697. The van der Waals surface area contributed by atoms with E-state index in [2.05, 4.69) is 0 Å². The van der Waals surface area contributed by atoms with E-state index < -0.39 is 23.2 Å². The highest BCUT2D eigenvalue weighted by atomic mass is 35.5. The van der Waals surface area contributed by atoms with Gasteiger partial charge in [-0.1, -0.05) is 60.7 Å². The third kappa shape index (κ3) is 4.46. The minimum atomic E-state index is -0.902. The van der Waals surface area contributed by atoms with E-state index in [0.717, 1.165) is 11.1 Å². The fraction of sp³-hybridized carbons (Fsp3) is 0.222. The summed E-state index contributed by atoms with van der Waals surface area (Å²) in [5, 5.41) is 1.88. The SMILES string of the molecule is O=C(OCc1ccccc1)N(C(=O)OCc1ccccc1)N1[C@H](Cl)[C@H]1Cl. The lowest BCUT2D eigenvalue weighted by Gasteiger charge is -2.20. The van der Waals surface area contributed by atoms with E-state index in [-0.39, 0.29) is 13.2 Å². The van der Waals surface area contributed by atoms with Crippen molar-refractivity contribution in [1.29, 1.82) is 0 Å². The Morgan fingerprint density at radius 3 is 1.54 bits per heavy atom. The molecule has 3 rings (SSSR count). The van der Waals surface area contributed by atoms with Gasteiger partial charge in [0.05, 0.1) is 0 Å². The molecule has 26 heavy (non-hydrogen) atoms. The molecule has 2 atom stereocenters. The van der Waals surface area contributed by atoms with Crippen LogP contribution >= 0.6 is 23.2 Å². The smallest absolute Gasteiger partial charge is 0.434 e. The Hall–Kier alpha value is -2.28. The number of hydrogen-bond acceptors (Lipinski definition) is 5. The van der Waals surface area contributed by atoms with E-state index in [9.17, 15) is 9.59 Å². The molecular weight excluding hydrogens is 379 g/mol. The molecule has 1 fully saturated rings. The third-order valence-corrected chi connectivity index (χ3v) is 4.64. The van der Waals surface area contributed by atoms with Gasteiger partial charge in [0.2, 0.25) is 0 Å². The largest absolute Gasteiger partial charge is 0.443 e. The van der Waals surface area contributed by atoms with Crippen molar-refractivity contribution in [1.82, 2.24) is 10.0 Å². The predicted octanol–water partition coefficient (Wildman–Crippen LogP) is 4.32. The predicted molar refractivity (Wildman–Crippen MR) is 96.2 cm³/mol. The number of carbonyl (C=O) groups excluding carboxylic acids is 2. The lowest BCUT2D eigenvalue weighted by Crippen LogP contribution is -2.42. The Balaban J connectivity index is 1.62. The van der Waals surface area contributed by atoms with E-state index in [0.29, 0.717) is 5.01 Å². The van der Waals surface area contributed by atoms with Crippen molar-refractivity contribution in [2.75, 3.05) is 0 Å². The van der Waals surface area contributed by atoms with Crippen LogP contribution in [0.1, 0.15) is 11.1 Å². The molecule has 1 aliphatic heterocycles. The van der Waals surface area contributed by atoms with Crippen molar-refractivity contribution in [2.24, 2.45) is 0 Å². The van der Waals surface area contributed by atoms with Crippen LogP contribution in [0.5, 0.6) is 0 Å². The van der Waals surface area contributed by atoms with Crippen molar-refractivity contribution < 1.29 is 19.1 Å². The number of alkyl halides is 2. The second-order valence-corrected chi connectivity index (χ2v) is 6.41. The van der Waals surface area contributed by atoms with E-state index in [1.807, 2.05) is 36.4 Å². The number of amides is 2. The molecule has 8 heteroatoms. The molecule has 0 aromatic heterocycles. The van der Waals surface area contributed by atoms with Crippen LogP contribution in [0.15, 0.2) is 60.7 Å². The van der Waals surface area contributed by atoms with Crippen molar-refractivity contribution in [2.45, 2.75) is 24.2 Å². The van der Waals surface area contributed by atoms with Crippen molar-refractivity contribution in [3.05, 3.63) is 71.8 Å². The first-order valence-electron chi connectivity index (χ1n) is 7.86. The van der Waals surface area contributed by atoms with Crippen LogP contribution in [-0.4, -0.2) is 33.2 Å². The highest BCUT2D eigenvalue weighted by Crippen LogP contribution is 2.37. The van der Waals surface area contributed by atoms with Crippen molar-refractivity contribution >= 4 is 35.4 Å². The van der Waals surface area contributed by atoms with Crippen LogP contribution in [-0.2, 0) is 22.7 Å². The molecule has 2 aromatic carbocycles. The first kappa shape index (κ1) is 18.5. The molecule has 2 aromatic rings. The zero-order valence-corrected chi connectivity index (χ0v) is 15.1. The van der Waals surface area contributed by atoms with Crippen LogP contribution in [0.2, 0.25) is 0 Å². The minimum Gasteiger partial charge on any atom is -0.443 e. The van der Waals surface area contributed by atoms with Gasteiger partial charge in [0.15, 0.2) is 0 Å². The van der Waals surface area contributed by atoms with Crippen LogP contribution in [0.3, 0.4) is 0 Å². The Morgan fingerprint density at radius 2 is 1.19 bits per heavy atom. The van der Waals surface area contributed by atoms with E-state index >= 15 is 0 Å². The maximum atomic E-state index is 12.4. The molecule has 6 nitrogen and oxygen atoms in total. The molecule has 0 aliphatic carbocycles. The van der Waals surface area contributed by atoms with Gasteiger partial charge >= 0.3 is 12.2 Å². The highest BCUT2D eigenvalue weighted by Gasteiger charge is 2.54. The van der Waals surface area contributed by atoms with Crippen LogP contribution in [0, 0.1) is 0 Å². The normalized spacial score (nSPS) is 20.9. The van der Waals surface area contributed by atoms with Gasteiger partial charge in [-0.25, -0.2) is 9.59 Å². The van der Waals surface area contributed by atoms with Crippen molar-refractivity contribution in [3.8, 4) is 0 Å². The number of hydrogen-bond donors (Lipinski definition) is 0. The van der Waals surface area contributed by atoms with E-state index in [4.69, 9.17) is 32.7 Å². The summed E-state index contributed by atoms with van der Waals surface area (Å²) in [5.41, 5.74) is 0.193. The van der Waals surface area contributed by atoms with Crippen LogP contribution < -0.4 is 0 Å². The molecule has 136 valence electrons. The Kier molecular flexibility index (Phi) is 5.98. The van der Waals surface area contributed by atoms with Gasteiger partial charge in [-0.05, 0) is 11.1 Å². The summed E-state index contributed by atoms with van der Waals surface area (Å²) >= 11 is 11.9. The topological polar surface area (TPSA) is 58.9 Å². The zero-order valence-electron chi connectivity index (χ0n) is 13.6. The highest BCUT2D eigenvalue weighted by molar-refractivity contribution is 6.33. The van der Waals surface area contributed by atoms with Gasteiger partial charge < -0.3 is 9.47 Å². The second-order valence-electron chi connectivity index (χ2n) is 5.52.